The first-order chi connectivity index (χ1) is 14.0. The predicted molar refractivity (Wildman–Crippen MR) is 113 cm³/mol. The minimum Gasteiger partial charge on any atom is -0.370 e. The first-order valence-corrected chi connectivity index (χ1v) is 9.77. The van der Waals surface area contributed by atoms with Crippen molar-refractivity contribution in [1.82, 2.24) is 10.3 Å². The highest BCUT2D eigenvalue weighted by atomic mass is 32.1. The van der Waals surface area contributed by atoms with Crippen LogP contribution in [-0.4, -0.2) is 29.3 Å². The van der Waals surface area contributed by atoms with E-state index in [2.05, 4.69) is 15.6 Å². The van der Waals surface area contributed by atoms with E-state index in [0.29, 0.717) is 21.8 Å². The molecule has 0 atom stereocenters. The molecular formula is C21H20N4O3S. The van der Waals surface area contributed by atoms with Crippen molar-refractivity contribution in [3.8, 4) is 10.6 Å². The molecule has 148 valence electrons. The van der Waals surface area contributed by atoms with E-state index in [0.717, 1.165) is 10.6 Å². The second-order valence-electron chi connectivity index (χ2n) is 6.27. The Morgan fingerprint density at radius 1 is 1.00 bits per heavy atom. The summed E-state index contributed by atoms with van der Waals surface area (Å²) in [7, 11) is 0. The molecule has 3 amide bonds. The third kappa shape index (κ3) is 5.05. The zero-order valence-electron chi connectivity index (χ0n) is 15.8. The van der Waals surface area contributed by atoms with Crippen LogP contribution in [0, 0.1) is 6.92 Å². The van der Waals surface area contributed by atoms with Gasteiger partial charge in [0.1, 0.15) is 9.88 Å². The van der Waals surface area contributed by atoms with Crippen LogP contribution in [0.25, 0.3) is 10.6 Å². The minimum atomic E-state index is -0.498. The summed E-state index contributed by atoms with van der Waals surface area (Å²) < 4.78 is 0. The highest BCUT2D eigenvalue weighted by molar-refractivity contribution is 7.17. The van der Waals surface area contributed by atoms with Gasteiger partial charge in [0.05, 0.1) is 16.9 Å². The molecule has 0 unspecified atom stereocenters. The third-order valence-corrected chi connectivity index (χ3v) is 5.31. The summed E-state index contributed by atoms with van der Waals surface area (Å²) in [6, 6.07) is 16.3. The summed E-state index contributed by atoms with van der Waals surface area (Å²) in [5.74, 6) is -1.23. The quantitative estimate of drug-likeness (QED) is 0.557. The first kappa shape index (κ1) is 20.2. The number of benzene rings is 2. The standard InChI is InChI=1S/C21H20N4O3S/c1-13-18(29-21(24-13)14-7-3-2-4-8-14)20(28)25-16-10-6-5-9-15(16)19(27)23-12-11-17(22)26/h2-10H,11-12H2,1H3,(H2,22,26)(H,23,27)(H,25,28). The molecule has 0 aliphatic rings. The van der Waals surface area contributed by atoms with Gasteiger partial charge in [0.15, 0.2) is 0 Å². The molecule has 7 nitrogen and oxygen atoms in total. The van der Waals surface area contributed by atoms with Gasteiger partial charge in [-0.1, -0.05) is 42.5 Å². The lowest BCUT2D eigenvalue weighted by atomic mass is 10.1. The molecule has 3 aromatic rings. The van der Waals surface area contributed by atoms with Gasteiger partial charge in [-0.2, -0.15) is 0 Å². The lowest BCUT2D eigenvalue weighted by molar-refractivity contribution is -0.117. The molecule has 1 aromatic heterocycles. The summed E-state index contributed by atoms with van der Waals surface area (Å²) in [4.78, 5) is 41.0. The Kier molecular flexibility index (Phi) is 6.36. The second-order valence-corrected chi connectivity index (χ2v) is 7.27. The smallest absolute Gasteiger partial charge is 0.267 e. The van der Waals surface area contributed by atoms with Gasteiger partial charge in [-0.15, -0.1) is 11.3 Å². The highest BCUT2D eigenvalue weighted by Gasteiger charge is 2.19. The molecule has 8 heteroatoms. The van der Waals surface area contributed by atoms with E-state index in [-0.39, 0.29) is 18.9 Å². The average Bonchev–Trinajstić information content (AvgIpc) is 3.10. The number of hydrogen-bond acceptors (Lipinski definition) is 5. The lowest BCUT2D eigenvalue weighted by Crippen LogP contribution is -2.28. The first-order valence-electron chi connectivity index (χ1n) is 8.95. The maximum absolute atomic E-state index is 12.8. The number of hydrogen-bond donors (Lipinski definition) is 3. The molecule has 29 heavy (non-hydrogen) atoms. The van der Waals surface area contributed by atoms with E-state index >= 15 is 0 Å². The summed E-state index contributed by atoms with van der Waals surface area (Å²) >= 11 is 1.30. The van der Waals surface area contributed by atoms with E-state index < -0.39 is 11.8 Å². The summed E-state index contributed by atoms with van der Waals surface area (Å²) in [6.45, 7) is 1.91. The van der Waals surface area contributed by atoms with Crippen LogP contribution in [0.15, 0.2) is 54.6 Å². The number of aryl methyl sites for hydroxylation is 1. The number of aromatic nitrogens is 1. The normalized spacial score (nSPS) is 10.4. The van der Waals surface area contributed by atoms with E-state index in [1.807, 2.05) is 30.3 Å². The molecule has 0 aliphatic carbocycles. The van der Waals surface area contributed by atoms with Crippen molar-refractivity contribution in [2.24, 2.45) is 5.73 Å². The van der Waals surface area contributed by atoms with E-state index in [1.54, 1.807) is 31.2 Å². The Labute approximate surface area is 172 Å². The number of primary amides is 1. The van der Waals surface area contributed by atoms with Crippen molar-refractivity contribution in [2.45, 2.75) is 13.3 Å². The largest absolute Gasteiger partial charge is 0.370 e. The van der Waals surface area contributed by atoms with Gasteiger partial charge in [-0.05, 0) is 19.1 Å². The van der Waals surface area contributed by atoms with Crippen LogP contribution in [0.4, 0.5) is 5.69 Å². The molecule has 0 radical (unpaired) electrons. The van der Waals surface area contributed by atoms with Crippen molar-refractivity contribution in [3.63, 3.8) is 0 Å². The zero-order valence-corrected chi connectivity index (χ0v) is 16.6. The van der Waals surface area contributed by atoms with Crippen LogP contribution in [0.5, 0.6) is 0 Å². The van der Waals surface area contributed by atoms with Crippen LogP contribution >= 0.6 is 11.3 Å². The van der Waals surface area contributed by atoms with Crippen molar-refractivity contribution in [1.29, 1.82) is 0 Å². The summed E-state index contributed by atoms with van der Waals surface area (Å²) in [5, 5.41) is 6.17. The number of carbonyl (C=O) groups is 3. The molecular weight excluding hydrogens is 388 g/mol. The van der Waals surface area contributed by atoms with Gasteiger partial charge in [-0.25, -0.2) is 4.98 Å². The molecule has 1 heterocycles. The maximum atomic E-state index is 12.8. The molecule has 3 rings (SSSR count). The van der Waals surface area contributed by atoms with Crippen LogP contribution in [0.3, 0.4) is 0 Å². The Balaban J connectivity index is 1.77. The van der Waals surface area contributed by atoms with Gasteiger partial charge in [0.25, 0.3) is 11.8 Å². The maximum Gasteiger partial charge on any atom is 0.267 e. The Morgan fingerprint density at radius 3 is 2.41 bits per heavy atom. The Bertz CT molecular complexity index is 1050. The van der Waals surface area contributed by atoms with E-state index in [1.165, 1.54) is 11.3 Å². The average molecular weight is 408 g/mol. The van der Waals surface area contributed by atoms with E-state index in [4.69, 9.17) is 5.73 Å². The minimum absolute atomic E-state index is 0.0442. The van der Waals surface area contributed by atoms with Gasteiger partial charge < -0.3 is 16.4 Å². The number of rotatable bonds is 7. The fourth-order valence-corrected chi connectivity index (χ4v) is 3.64. The molecule has 0 fully saturated rings. The topological polar surface area (TPSA) is 114 Å². The Hall–Kier alpha value is -3.52. The van der Waals surface area contributed by atoms with Gasteiger partial charge >= 0.3 is 0 Å². The number of anilines is 1. The number of nitrogens with two attached hydrogens (primary N) is 1. The molecule has 4 N–H and O–H groups in total. The van der Waals surface area contributed by atoms with Gasteiger partial charge in [0.2, 0.25) is 5.91 Å². The van der Waals surface area contributed by atoms with Crippen molar-refractivity contribution >= 4 is 34.7 Å². The SMILES string of the molecule is Cc1nc(-c2ccccc2)sc1C(=O)Nc1ccccc1C(=O)NCCC(N)=O. The lowest BCUT2D eigenvalue weighted by Gasteiger charge is -2.10. The van der Waals surface area contributed by atoms with Crippen molar-refractivity contribution in [2.75, 3.05) is 11.9 Å². The molecule has 0 saturated carbocycles. The molecule has 0 saturated heterocycles. The highest BCUT2D eigenvalue weighted by Crippen LogP contribution is 2.28. The fourth-order valence-electron chi connectivity index (χ4n) is 2.67. The summed E-state index contributed by atoms with van der Waals surface area (Å²) in [6.07, 6.45) is 0.0442. The molecule has 0 spiro atoms. The zero-order chi connectivity index (χ0) is 20.8. The number of para-hydroxylation sites is 1. The predicted octanol–water partition coefficient (Wildman–Crippen LogP) is 2.98. The van der Waals surface area contributed by atoms with Crippen molar-refractivity contribution in [3.05, 3.63) is 70.7 Å². The fraction of sp³-hybridized carbons (Fsp3) is 0.143. The number of amides is 3. The molecule has 0 aliphatic heterocycles. The summed E-state index contributed by atoms with van der Waals surface area (Å²) in [5.41, 5.74) is 7.32. The molecule has 0 bridgehead atoms. The number of nitrogens with zero attached hydrogens (tertiary/aromatic N) is 1. The van der Waals surface area contributed by atoms with Gasteiger partial charge in [0, 0.05) is 18.5 Å². The third-order valence-electron chi connectivity index (χ3n) is 4.10. The molecule has 2 aromatic carbocycles. The monoisotopic (exact) mass is 408 g/mol. The van der Waals surface area contributed by atoms with Crippen LogP contribution < -0.4 is 16.4 Å². The van der Waals surface area contributed by atoms with Crippen LogP contribution in [0.1, 0.15) is 32.1 Å². The Morgan fingerprint density at radius 2 is 1.69 bits per heavy atom. The number of thiazole rings is 1. The van der Waals surface area contributed by atoms with E-state index in [9.17, 15) is 14.4 Å². The van der Waals surface area contributed by atoms with Gasteiger partial charge in [-0.3, -0.25) is 14.4 Å². The van der Waals surface area contributed by atoms with Crippen LogP contribution in [-0.2, 0) is 4.79 Å². The number of nitrogens with one attached hydrogen (secondary N) is 2. The van der Waals surface area contributed by atoms with Crippen molar-refractivity contribution < 1.29 is 14.4 Å². The number of carbonyl (C=O) groups excluding carboxylic acids is 3. The second kappa shape index (κ2) is 9.11. The van der Waals surface area contributed by atoms with Crippen LogP contribution in [0.2, 0.25) is 0 Å².